The van der Waals surface area contributed by atoms with Crippen molar-refractivity contribution in [2.24, 2.45) is 0 Å². The lowest BCUT2D eigenvalue weighted by Crippen LogP contribution is -1.85. The minimum absolute atomic E-state index is 0.523. The van der Waals surface area contributed by atoms with Crippen LogP contribution >= 0.6 is 46.1 Å². The highest BCUT2D eigenvalue weighted by Crippen LogP contribution is 2.35. The molecule has 6 heteroatoms. The molecule has 0 spiro atoms. The number of benzene rings is 3. The van der Waals surface area contributed by atoms with Gasteiger partial charge in [0.1, 0.15) is 10.8 Å². The van der Waals surface area contributed by atoms with Gasteiger partial charge in [-0.25, -0.2) is 4.98 Å². The molecule has 0 unspecified atom stereocenters. The van der Waals surface area contributed by atoms with Crippen LogP contribution in [0.4, 0.5) is 0 Å². The normalized spacial score (nSPS) is 10.9. The molecule has 0 radical (unpaired) electrons. The fourth-order valence-corrected chi connectivity index (χ4v) is 4.26. The number of ether oxygens (including phenoxy) is 1. The maximum Gasteiger partial charge on any atom is 0.124 e. The lowest BCUT2D eigenvalue weighted by molar-refractivity contribution is 0.415. The smallest absolute Gasteiger partial charge is 0.124 e. The van der Waals surface area contributed by atoms with Gasteiger partial charge in [-0.2, -0.15) is 0 Å². The molecule has 140 valence electrons. The molecule has 3 aromatic carbocycles. The molecule has 0 bridgehead atoms. The van der Waals surface area contributed by atoms with Crippen molar-refractivity contribution >= 4 is 46.1 Å². The van der Waals surface area contributed by atoms with Gasteiger partial charge in [-0.3, -0.25) is 0 Å². The third-order valence-corrected chi connectivity index (χ3v) is 6.28. The van der Waals surface area contributed by atoms with Crippen LogP contribution in [-0.4, -0.2) is 12.1 Å². The molecule has 0 atom stereocenters. The maximum absolute atomic E-state index is 6.38. The van der Waals surface area contributed by atoms with Gasteiger partial charge in [-0.15, -0.1) is 11.3 Å². The van der Waals surface area contributed by atoms with Crippen LogP contribution in [0.3, 0.4) is 0 Å². The van der Waals surface area contributed by atoms with Gasteiger partial charge in [-0.05, 0) is 35.9 Å². The van der Waals surface area contributed by atoms with Crippen molar-refractivity contribution in [3.8, 4) is 38.7 Å². The molecule has 2 nitrogen and oxygen atoms in total. The molecule has 0 saturated heterocycles. The average Bonchev–Trinajstić information content (AvgIpc) is 3.20. The molecule has 28 heavy (non-hydrogen) atoms. The monoisotopic (exact) mass is 445 g/mol. The lowest BCUT2D eigenvalue weighted by atomic mass is 10.0. The number of nitrogens with zero attached hydrogens (tertiary/aromatic N) is 1. The van der Waals surface area contributed by atoms with Crippen molar-refractivity contribution in [2.75, 3.05) is 7.11 Å². The molecule has 4 rings (SSSR count). The summed E-state index contributed by atoms with van der Waals surface area (Å²) in [6.45, 7) is 0. The number of thiazole rings is 1. The van der Waals surface area contributed by atoms with E-state index in [1.54, 1.807) is 24.5 Å². The second kappa shape index (κ2) is 8.14. The molecular weight excluding hydrogens is 433 g/mol. The van der Waals surface area contributed by atoms with Crippen molar-refractivity contribution in [3.63, 3.8) is 0 Å². The van der Waals surface area contributed by atoms with E-state index in [1.165, 1.54) is 0 Å². The van der Waals surface area contributed by atoms with E-state index in [-0.39, 0.29) is 0 Å². The SMILES string of the molecule is COc1ccc(-c2ccc(-c3nc(-c4ccc(Cl)c(Cl)c4)cs3)cc2)c(Cl)c1. The van der Waals surface area contributed by atoms with Gasteiger partial charge in [0.25, 0.3) is 0 Å². The van der Waals surface area contributed by atoms with Gasteiger partial charge in [0.2, 0.25) is 0 Å². The highest BCUT2D eigenvalue weighted by Gasteiger charge is 2.10. The molecule has 0 aliphatic heterocycles. The summed E-state index contributed by atoms with van der Waals surface area (Å²) in [6, 6.07) is 19.4. The van der Waals surface area contributed by atoms with E-state index in [2.05, 4.69) is 0 Å². The van der Waals surface area contributed by atoms with E-state index in [1.807, 2.05) is 60.0 Å². The highest BCUT2D eigenvalue weighted by atomic mass is 35.5. The first-order valence-electron chi connectivity index (χ1n) is 8.40. The molecule has 4 aromatic rings. The molecule has 0 amide bonds. The van der Waals surface area contributed by atoms with Crippen LogP contribution in [0.2, 0.25) is 15.1 Å². The van der Waals surface area contributed by atoms with Crippen molar-refractivity contribution in [1.82, 2.24) is 4.98 Å². The Labute approximate surface area is 182 Å². The Morgan fingerprint density at radius 3 is 2.14 bits per heavy atom. The molecule has 0 fully saturated rings. The predicted molar refractivity (Wildman–Crippen MR) is 120 cm³/mol. The van der Waals surface area contributed by atoms with Crippen LogP contribution in [0.15, 0.2) is 66.0 Å². The summed E-state index contributed by atoms with van der Waals surface area (Å²) < 4.78 is 5.21. The van der Waals surface area contributed by atoms with Gasteiger partial charge in [0.15, 0.2) is 0 Å². The standard InChI is InChI=1S/C22H14Cl3NOS/c1-27-16-7-8-17(19(24)11-16)13-2-4-14(5-3-13)22-26-21(12-28-22)15-6-9-18(23)20(25)10-15/h2-12H,1H3. The second-order valence-corrected chi connectivity index (χ2v) is 8.17. The van der Waals surface area contributed by atoms with Crippen molar-refractivity contribution < 1.29 is 4.74 Å². The van der Waals surface area contributed by atoms with E-state index in [0.29, 0.717) is 15.1 Å². The van der Waals surface area contributed by atoms with Gasteiger partial charge in [-0.1, -0.05) is 65.1 Å². The highest BCUT2D eigenvalue weighted by molar-refractivity contribution is 7.13. The Kier molecular flexibility index (Phi) is 5.61. The van der Waals surface area contributed by atoms with Crippen LogP contribution in [0.5, 0.6) is 5.75 Å². The number of halogens is 3. The van der Waals surface area contributed by atoms with Crippen molar-refractivity contribution in [3.05, 3.63) is 81.1 Å². The van der Waals surface area contributed by atoms with Gasteiger partial charge in [0, 0.05) is 22.1 Å². The molecular formula is C22H14Cl3NOS. The van der Waals surface area contributed by atoms with Crippen molar-refractivity contribution in [2.45, 2.75) is 0 Å². The van der Waals surface area contributed by atoms with Crippen LogP contribution in [0.1, 0.15) is 0 Å². The number of hydrogen-bond donors (Lipinski definition) is 0. The molecule has 1 aromatic heterocycles. The van der Waals surface area contributed by atoms with Crippen LogP contribution in [0.25, 0.3) is 33.0 Å². The van der Waals surface area contributed by atoms with E-state index < -0.39 is 0 Å². The lowest BCUT2D eigenvalue weighted by Gasteiger charge is -2.07. The molecule has 0 aliphatic carbocycles. The quantitative estimate of drug-likeness (QED) is 0.316. The Hall–Kier alpha value is -2.04. The molecule has 0 saturated carbocycles. The third kappa shape index (κ3) is 3.89. The summed E-state index contributed by atoms with van der Waals surface area (Å²) in [5.41, 5.74) is 4.87. The first kappa shape index (κ1) is 19.3. The average molecular weight is 447 g/mol. The second-order valence-electron chi connectivity index (χ2n) is 6.09. The minimum atomic E-state index is 0.523. The molecule has 0 N–H and O–H groups in total. The number of aromatic nitrogens is 1. The van der Waals surface area contributed by atoms with E-state index in [0.717, 1.165) is 38.7 Å². The summed E-state index contributed by atoms with van der Waals surface area (Å²) in [6.07, 6.45) is 0. The van der Waals surface area contributed by atoms with E-state index >= 15 is 0 Å². The van der Waals surface area contributed by atoms with Crippen LogP contribution in [-0.2, 0) is 0 Å². The predicted octanol–water partition coefficient (Wildman–Crippen LogP) is 8.11. The van der Waals surface area contributed by atoms with Gasteiger partial charge >= 0.3 is 0 Å². The summed E-state index contributed by atoms with van der Waals surface area (Å²) in [7, 11) is 1.63. The van der Waals surface area contributed by atoms with E-state index in [4.69, 9.17) is 44.5 Å². The zero-order valence-electron chi connectivity index (χ0n) is 14.7. The fourth-order valence-electron chi connectivity index (χ4n) is 2.84. The van der Waals surface area contributed by atoms with Gasteiger partial charge < -0.3 is 4.74 Å². The minimum Gasteiger partial charge on any atom is -0.497 e. The van der Waals surface area contributed by atoms with Crippen molar-refractivity contribution in [1.29, 1.82) is 0 Å². The Morgan fingerprint density at radius 1 is 0.750 bits per heavy atom. The fraction of sp³-hybridized carbons (Fsp3) is 0.0455. The zero-order valence-corrected chi connectivity index (χ0v) is 17.8. The Morgan fingerprint density at radius 2 is 1.46 bits per heavy atom. The Bertz CT molecular complexity index is 1140. The topological polar surface area (TPSA) is 22.1 Å². The number of methoxy groups -OCH3 is 1. The maximum atomic E-state index is 6.38. The molecule has 1 heterocycles. The van der Waals surface area contributed by atoms with Crippen LogP contribution in [0, 0.1) is 0 Å². The summed E-state index contributed by atoms with van der Waals surface area (Å²) in [4.78, 5) is 4.74. The van der Waals surface area contributed by atoms with Gasteiger partial charge in [0.05, 0.1) is 27.9 Å². The summed E-state index contributed by atoms with van der Waals surface area (Å²) >= 11 is 20.1. The zero-order chi connectivity index (χ0) is 19.7. The van der Waals surface area contributed by atoms with Crippen LogP contribution < -0.4 is 4.74 Å². The number of rotatable bonds is 4. The third-order valence-electron chi connectivity index (χ3n) is 4.34. The first-order valence-corrected chi connectivity index (χ1v) is 10.4. The Balaban J connectivity index is 1.61. The largest absolute Gasteiger partial charge is 0.497 e. The first-order chi connectivity index (χ1) is 13.5. The summed E-state index contributed by atoms with van der Waals surface area (Å²) in [5.74, 6) is 0.739. The summed E-state index contributed by atoms with van der Waals surface area (Å²) in [5, 5.41) is 4.67. The number of hydrogen-bond acceptors (Lipinski definition) is 3. The van der Waals surface area contributed by atoms with E-state index in [9.17, 15) is 0 Å². The molecule has 0 aliphatic rings.